The first kappa shape index (κ1) is 11.2. The number of hydrogen-bond acceptors (Lipinski definition) is 5. The molecule has 0 spiro atoms. The summed E-state index contributed by atoms with van der Waals surface area (Å²) in [4.78, 5) is 13.0. The van der Waals surface area contributed by atoms with Gasteiger partial charge in [0, 0.05) is 45.3 Å². The van der Waals surface area contributed by atoms with Crippen LogP contribution in [0.5, 0.6) is 0 Å². The van der Waals surface area contributed by atoms with Crippen molar-refractivity contribution in [3.05, 3.63) is 17.5 Å². The molecule has 2 saturated heterocycles. The fourth-order valence-electron chi connectivity index (χ4n) is 2.37. The minimum absolute atomic E-state index is 0.645. The summed E-state index contributed by atoms with van der Waals surface area (Å²) in [6, 6.07) is 0.734. The van der Waals surface area contributed by atoms with Gasteiger partial charge in [0.05, 0.1) is 6.20 Å². The molecule has 0 aliphatic carbocycles. The SMILES string of the molecule is Clc1cncnc1N1CCN(C2CNC2)CC1. The average molecular weight is 254 g/mol. The molecule has 0 aromatic carbocycles. The Morgan fingerprint density at radius 3 is 2.59 bits per heavy atom. The van der Waals surface area contributed by atoms with Gasteiger partial charge in [-0.15, -0.1) is 0 Å². The standard InChI is InChI=1S/C11H16ClN5/c12-10-7-14-8-15-11(10)17-3-1-16(2-4-17)9-5-13-6-9/h7-9,13H,1-6H2. The second kappa shape index (κ2) is 4.76. The van der Waals surface area contributed by atoms with Gasteiger partial charge in [0.1, 0.15) is 11.3 Å². The van der Waals surface area contributed by atoms with Crippen molar-refractivity contribution >= 4 is 17.4 Å². The Kier molecular flexibility index (Phi) is 3.13. The highest BCUT2D eigenvalue weighted by Crippen LogP contribution is 2.23. The van der Waals surface area contributed by atoms with Crippen molar-refractivity contribution < 1.29 is 0 Å². The van der Waals surface area contributed by atoms with Crippen LogP contribution < -0.4 is 10.2 Å². The van der Waals surface area contributed by atoms with Gasteiger partial charge < -0.3 is 10.2 Å². The molecule has 2 aliphatic heterocycles. The largest absolute Gasteiger partial charge is 0.353 e. The van der Waals surface area contributed by atoms with Crippen LogP contribution in [0.1, 0.15) is 0 Å². The van der Waals surface area contributed by atoms with Crippen molar-refractivity contribution in [1.82, 2.24) is 20.2 Å². The number of halogens is 1. The van der Waals surface area contributed by atoms with Gasteiger partial charge in [-0.05, 0) is 0 Å². The monoisotopic (exact) mass is 253 g/mol. The van der Waals surface area contributed by atoms with Crippen molar-refractivity contribution in [3.63, 3.8) is 0 Å². The van der Waals surface area contributed by atoms with Crippen LogP contribution in [-0.2, 0) is 0 Å². The fourth-order valence-corrected chi connectivity index (χ4v) is 2.59. The molecule has 1 aromatic rings. The smallest absolute Gasteiger partial charge is 0.150 e. The number of rotatable bonds is 2. The summed E-state index contributed by atoms with van der Waals surface area (Å²) in [5, 5.41) is 3.96. The molecule has 0 saturated carbocycles. The number of nitrogens with zero attached hydrogens (tertiary/aromatic N) is 4. The zero-order valence-electron chi connectivity index (χ0n) is 9.64. The van der Waals surface area contributed by atoms with E-state index < -0.39 is 0 Å². The quantitative estimate of drug-likeness (QED) is 0.817. The molecule has 92 valence electrons. The lowest BCUT2D eigenvalue weighted by Gasteiger charge is -2.43. The van der Waals surface area contributed by atoms with E-state index in [0.29, 0.717) is 5.02 Å². The third-order valence-corrected chi connectivity index (χ3v) is 3.80. The zero-order valence-corrected chi connectivity index (χ0v) is 10.4. The lowest BCUT2D eigenvalue weighted by atomic mass is 10.1. The van der Waals surface area contributed by atoms with Crippen LogP contribution in [0.3, 0.4) is 0 Å². The average Bonchev–Trinajstić information content (AvgIpc) is 2.29. The summed E-state index contributed by atoms with van der Waals surface area (Å²) in [6.45, 7) is 6.43. The maximum Gasteiger partial charge on any atom is 0.150 e. The van der Waals surface area contributed by atoms with Crippen LogP contribution in [-0.4, -0.2) is 60.2 Å². The van der Waals surface area contributed by atoms with E-state index >= 15 is 0 Å². The van der Waals surface area contributed by atoms with Crippen LogP contribution in [0.2, 0.25) is 5.02 Å². The molecule has 3 heterocycles. The molecule has 1 aromatic heterocycles. The lowest BCUT2D eigenvalue weighted by Crippen LogP contribution is -2.61. The van der Waals surface area contributed by atoms with Crippen LogP contribution in [0.15, 0.2) is 12.5 Å². The predicted octanol–water partition coefficient (Wildman–Crippen LogP) is 0.224. The van der Waals surface area contributed by atoms with E-state index in [4.69, 9.17) is 11.6 Å². The highest BCUT2D eigenvalue weighted by atomic mass is 35.5. The fraction of sp³-hybridized carbons (Fsp3) is 0.636. The van der Waals surface area contributed by atoms with E-state index in [-0.39, 0.29) is 0 Å². The zero-order chi connectivity index (χ0) is 11.7. The molecule has 0 bridgehead atoms. The molecule has 0 atom stereocenters. The van der Waals surface area contributed by atoms with Gasteiger partial charge in [0.25, 0.3) is 0 Å². The number of hydrogen-bond donors (Lipinski definition) is 1. The van der Waals surface area contributed by atoms with Gasteiger partial charge in [-0.1, -0.05) is 11.6 Å². The lowest BCUT2D eigenvalue weighted by molar-refractivity contribution is 0.137. The maximum absolute atomic E-state index is 6.10. The van der Waals surface area contributed by atoms with E-state index in [1.165, 1.54) is 0 Å². The van der Waals surface area contributed by atoms with Crippen molar-refractivity contribution in [2.75, 3.05) is 44.2 Å². The maximum atomic E-state index is 6.10. The summed E-state index contributed by atoms with van der Waals surface area (Å²) >= 11 is 6.10. The van der Waals surface area contributed by atoms with Gasteiger partial charge in [0.15, 0.2) is 5.82 Å². The normalized spacial score (nSPS) is 22.5. The molecule has 1 N–H and O–H groups in total. The van der Waals surface area contributed by atoms with E-state index in [1.807, 2.05) is 0 Å². The van der Waals surface area contributed by atoms with Crippen molar-refractivity contribution in [3.8, 4) is 0 Å². The van der Waals surface area contributed by atoms with Crippen LogP contribution in [0.4, 0.5) is 5.82 Å². The third-order valence-electron chi connectivity index (χ3n) is 3.54. The Labute approximate surface area is 106 Å². The highest BCUT2D eigenvalue weighted by Gasteiger charge is 2.28. The van der Waals surface area contributed by atoms with Crippen molar-refractivity contribution in [2.45, 2.75) is 6.04 Å². The van der Waals surface area contributed by atoms with E-state index in [2.05, 4.69) is 25.1 Å². The predicted molar refractivity (Wildman–Crippen MR) is 67.5 cm³/mol. The summed E-state index contributed by atoms with van der Waals surface area (Å²) in [7, 11) is 0. The summed E-state index contributed by atoms with van der Waals surface area (Å²) in [6.07, 6.45) is 3.22. The molecular formula is C11H16ClN5. The van der Waals surface area contributed by atoms with Gasteiger partial charge in [-0.25, -0.2) is 9.97 Å². The van der Waals surface area contributed by atoms with Gasteiger partial charge >= 0.3 is 0 Å². The number of aromatic nitrogens is 2. The first-order valence-electron chi connectivity index (χ1n) is 6.00. The minimum atomic E-state index is 0.645. The first-order chi connectivity index (χ1) is 8.34. The highest BCUT2D eigenvalue weighted by molar-refractivity contribution is 6.32. The molecular weight excluding hydrogens is 238 g/mol. The second-order valence-electron chi connectivity index (χ2n) is 4.53. The molecule has 0 amide bonds. The molecule has 2 fully saturated rings. The second-order valence-corrected chi connectivity index (χ2v) is 4.94. The summed E-state index contributed by atoms with van der Waals surface area (Å²) in [5.41, 5.74) is 0. The Bertz CT molecular complexity index is 387. The number of anilines is 1. The van der Waals surface area contributed by atoms with Crippen LogP contribution >= 0.6 is 11.6 Å². The minimum Gasteiger partial charge on any atom is -0.353 e. The first-order valence-corrected chi connectivity index (χ1v) is 6.37. The number of nitrogens with one attached hydrogen (secondary N) is 1. The molecule has 17 heavy (non-hydrogen) atoms. The molecule has 3 rings (SSSR count). The molecule has 0 unspecified atom stereocenters. The topological polar surface area (TPSA) is 44.3 Å². The van der Waals surface area contributed by atoms with E-state index in [1.54, 1.807) is 12.5 Å². The summed E-state index contributed by atoms with van der Waals surface area (Å²) in [5.74, 6) is 0.869. The number of piperazine rings is 1. The Hall–Kier alpha value is -0.910. The summed E-state index contributed by atoms with van der Waals surface area (Å²) < 4.78 is 0. The third kappa shape index (κ3) is 2.22. The van der Waals surface area contributed by atoms with E-state index in [9.17, 15) is 0 Å². The van der Waals surface area contributed by atoms with Gasteiger partial charge in [-0.3, -0.25) is 4.90 Å². The molecule has 5 nitrogen and oxygen atoms in total. The van der Waals surface area contributed by atoms with Gasteiger partial charge in [-0.2, -0.15) is 0 Å². The Morgan fingerprint density at radius 2 is 2.00 bits per heavy atom. The molecule has 6 heteroatoms. The van der Waals surface area contributed by atoms with Crippen molar-refractivity contribution in [2.24, 2.45) is 0 Å². The Morgan fingerprint density at radius 1 is 1.24 bits per heavy atom. The van der Waals surface area contributed by atoms with Crippen LogP contribution in [0.25, 0.3) is 0 Å². The van der Waals surface area contributed by atoms with Crippen molar-refractivity contribution in [1.29, 1.82) is 0 Å². The van der Waals surface area contributed by atoms with Crippen LogP contribution in [0, 0.1) is 0 Å². The molecule has 0 radical (unpaired) electrons. The van der Waals surface area contributed by atoms with E-state index in [0.717, 1.165) is 51.1 Å². The Balaban J connectivity index is 1.63. The van der Waals surface area contributed by atoms with Gasteiger partial charge in [0.2, 0.25) is 0 Å². The molecule has 2 aliphatic rings.